The van der Waals surface area contributed by atoms with E-state index in [0.29, 0.717) is 6.04 Å². The summed E-state index contributed by atoms with van der Waals surface area (Å²) in [4.78, 5) is 14.5. The number of nitrogens with zero attached hydrogens (tertiary/aromatic N) is 1. The number of carbonyl (C=O) groups is 1. The fourth-order valence-corrected chi connectivity index (χ4v) is 3.04. The lowest BCUT2D eigenvalue weighted by Crippen LogP contribution is -2.57. The Bertz CT molecular complexity index is 288. The van der Waals surface area contributed by atoms with Crippen LogP contribution in [0.25, 0.3) is 0 Å². The van der Waals surface area contributed by atoms with E-state index in [1.54, 1.807) is 0 Å². The minimum Gasteiger partial charge on any atom is -0.376 e. The van der Waals surface area contributed by atoms with Crippen molar-refractivity contribution in [2.24, 2.45) is 0 Å². The van der Waals surface area contributed by atoms with Crippen molar-refractivity contribution >= 4 is 5.91 Å². The lowest BCUT2D eigenvalue weighted by atomic mass is 9.99. The van der Waals surface area contributed by atoms with Crippen LogP contribution in [0.15, 0.2) is 0 Å². The van der Waals surface area contributed by atoms with Gasteiger partial charge < -0.3 is 15.0 Å². The molecule has 3 atom stereocenters. The minimum absolute atomic E-state index is 0.00241. The van der Waals surface area contributed by atoms with Gasteiger partial charge in [-0.1, -0.05) is 13.8 Å². The highest BCUT2D eigenvalue weighted by Gasteiger charge is 2.35. The van der Waals surface area contributed by atoms with Crippen molar-refractivity contribution in [2.45, 2.75) is 70.7 Å². The van der Waals surface area contributed by atoms with Crippen LogP contribution in [0.4, 0.5) is 0 Å². The number of amides is 1. The molecule has 0 bridgehead atoms. The summed E-state index contributed by atoms with van der Waals surface area (Å²) < 4.78 is 5.72. The summed E-state index contributed by atoms with van der Waals surface area (Å²) >= 11 is 0. The van der Waals surface area contributed by atoms with Gasteiger partial charge in [0.25, 0.3) is 0 Å². The van der Waals surface area contributed by atoms with E-state index in [2.05, 4.69) is 26.1 Å². The summed E-state index contributed by atoms with van der Waals surface area (Å²) in [6.45, 7) is 8.05. The van der Waals surface area contributed by atoms with Crippen molar-refractivity contribution in [2.75, 3.05) is 13.2 Å². The van der Waals surface area contributed by atoms with Crippen molar-refractivity contribution in [3.63, 3.8) is 0 Å². The van der Waals surface area contributed by atoms with Crippen LogP contribution in [0.3, 0.4) is 0 Å². The Labute approximate surface area is 110 Å². The Kier molecular flexibility index (Phi) is 4.62. The Hall–Kier alpha value is -0.610. The van der Waals surface area contributed by atoms with Gasteiger partial charge in [0.1, 0.15) is 0 Å². The summed E-state index contributed by atoms with van der Waals surface area (Å²) in [6.07, 6.45) is 4.52. The second-order valence-electron chi connectivity index (χ2n) is 5.84. The molecule has 0 aromatic carbocycles. The molecule has 104 valence electrons. The standard InChI is InChI=1S/C14H26N2O2/c1-10(2)15-12-6-4-8-16(14(12)17)11(3)13-7-5-9-18-13/h10-13,15H,4-9H2,1-3H3. The number of piperidine rings is 1. The number of hydrogen-bond acceptors (Lipinski definition) is 3. The third kappa shape index (κ3) is 3.04. The lowest BCUT2D eigenvalue weighted by molar-refractivity contribution is -0.141. The third-order valence-corrected chi connectivity index (χ3v) is 4.00. The molecule has 2 aliphatic rings. The number of hydrogen-bond donors (Lipinski definition) is 1. The molecule has 2 fully saturated rings. The maximum Gasteiger partial charge on any atom is 0.240 e. The SMILES string of the molecule is CC(C)NC1CCCN(C(C)C2CCCO2)C1=O. The molecule has 0 aromatic heterocycles. The molecular formula is C14H26N2O2. The maximum absolute atomic E-state index is 12.5. The van der Waals surface area contributed by atoms with Crippen molar-refractivity contribution in [1.82, 2.24) is 10.2 Å². The molecule has 0 spiro atoms. The van der Waals surface area contributed by atoms with Gasteiger partial charge in [-0.2, -0.15) is 0 Å². The van der Waals surface area contributed by atoms with Crippen molar-refractivity contribution in [3.8, 4) is 0 Å². The molecule has 18 heavy (non-hydrogen) atoms. The zero-order valence-corrected chi connectivity index (χ0v) is 11.8. The van der Waals surface area contributed by atoms with Gasteiger partial charge >= 0.3 is 0 Å². The first-order chi connectivity index (χ1) is 8.59. The average molecular weight is 254 g/mol. The van der Waals surface area contributed by atoms with E-state index in [4.69, 9.17) is 4.74 Å². The van der Waals surface area contributed by atoms with Crippen LogP contribution in [-0.2, 0) is 9.53 Å². The quantitative estimate of drug-likeness (QED) is 0.827. The first kappa shape index (κ1) is 13.8. The van der Waals surface area contributed by atoms with Crippen LogP contribution in [0, 0.1) is 0 Å². The first-order valence-electron chi connectivity index (χ1n) is 7.27. The number of likely N-dealkylation sites (tertiary alicyclic amines) is 1. The van der Waals surface area contributed by atoms with Crippen LogP contribution < -0.4 is 5.32 Å². The van der Waals surface area contributed by atoms with Gasteiger partial charge in [-0.3, -0.25) is 4.79 Å². The summed E-state index contributed by atoms with van der Waals surface area (Å²) in [5.41, 5.74) is 0. The molecule has 1 amide bonds. The van der Waals surface area contributed by atoms with Gasteiger partial charge in [0.05, 0.1) is 18.2 Å². The van der Waals surface area contributed by atoms with E-state index in [0.717, 1.165) is 38.8 Å². The van der Waals surface area contributed by atoms with Gasteiger partial charge in [0, 0.05) is 19.2 Å². The molecule has 3 unspecified atom stereocenters. The van der Waals surface area contributed by atoms with Gasteiger partial charge in [0.15, 0.2) is 0 Å². The number of ether oxygens (including phenoxy) is 1. The molecule has 2 heterocycles. The molecule has 4 nitrogen and oxygen atoms in total. The average Bonchev–Trinajstić information content (AvgIpc) is 2.84. The van der Waals surface area contributed by atoms with Crippen LogP contribution in [0.5, 0.6) is 0 Å². The molecular weight excluding hydrogens is 228 g/mol. The molecule has 0 saturated carbocycles. The third-order valence-electron chi connectivity index (χ3n) is 4.00. The minimum atomic E-state index is 0.00241. The smallest absolute Gasteiger partial charge is 0.240 e. The van der Waals surface area contributed by atoms with Crippen LogP contribution in [-0.4, -0.2) is 48.2 Å². The largest absolute Gasteiger partial charge is 0.376 e. The number of nitrogens with one attached hydrogen (secondary N) is 1. The summed E-state index contributed by atoms with van der Waals surface area (Å²) in [7, 11) is 0. The normalized spacial score (nSPS) is 31.1. The Balaban J connectivity index is 1.96. The van der Waals surface area contributed by atoms with Gasteiger partial charge in [-0.05, 0) is 32.6 Å². The Morgan fingerprint density at radius 3 is 2.67 bits per heavy atom. The van der Waals surface area contributed by atoms with Gasteiger partial charge in [-0.15, -0.1) is 0 Å². The van der Waals surface area contributed by atoms with E-state index >= 15 is 0 Å². The second kappa shape index (κ2) is 6.02. The predicted molar refractivity (Wildman–Crippen MR) is 71.4 cm³/mol. The van der Waals surface area contributed by atoms with Crippen molar-refractivity contribution < 1.29 is 9.53 Å². The van der Waals surface area contributed by atoms with Gasteiger partial charge in [0.2, 0.25) is 5.91 Å². The molecule has 4 heteroatoms. The van der Waals surface area contributed by atoms with Crippen LogP contribution in [0.1, 0.15) is 46.5 Å². The first-order valence-corrected chi connectivity index (χ1v) is 7.27. The lowest BCUT2D eigenvalue weighted by Gasteiger charge is -2.39. The number of carbonyl (C=O) groups excluding carboxylic acids is 1. The van der Waals surface area contributed by atoms with Crippen molar-refractivity contribution in [3.05, 3.63) is 0 Å². The molecule has 2 rings (SSSR count). The van der Waals surface area contributed by atoms with E-state index in [1.807, 2.05) is 4.90 Å². The fraction of sp³-hybridized carbons (Fsp3) is 0.929. The highest BCUT2D eigenvalue weighted by Crippen LogP contribution is 2.23. The number of rotatable bonds is 4. The second-order valence-corrected chi connectivity index (χ2v) is 5.84. The Morgan fingerprint density at radius 1 is 1.28 bits per heavy atom. The maximum atomic E-state index is 12.5. The highest BCUT2D eigenvalue weighted by molar-refractivity contribution is 5.83. The van der Waals surface area contributed by atoms with Crippen molar-refractivity contribution in [1.29, 1.82) is 0 Å². The van der Waals surface area contributed by atoms with Gasteiger partial charge in [-0.25, -0.2) is 0 Å². The molecule has 2 saturated heterocycles. The van der Waals surface area contributed by atoms with E-state index < -0.39 is 0 Å². The van der Waals surface area contributed by atoms with E-state index in [-0.39, 0.29) is 24.1 Å². The molecule has 1 N–H and O–H groups in total. The molecule has 0 aromatic rings. The zero-order valence-electron chi connectivity index (χ0n) is 11.8. The topological polar surface area (TPSA) is 41.6 Å². The van der Waals surface area contributed by atoms with Crippen LogP contribution in [0.2, 0.25) is 0 Å². The van der Waals surface area contributed by atoms with E-state index in [9.17, 15) is 4.79 Å². The summed E-state index contributed by atoms with van der Waals surface area (Å²) in [5.74, 6) is 0.262. The summed E-state index contributed by atoms with van der Waals surface area (Å²) in [6, 6.07) is 0.580. The zero-order chi connectivity index (χ0) is 13.1. The monoisotopic (exact) mass is 254 g/mol. The molecule has 0 radical (unpaired) electrons. The predicted octanol–water partition coefficient (Wildman–Crippen LogP) is 1.54. The van der Waals surface area contributed by atoms with Crippen LogP contribution >= 0.6 is 0 Å². The molecule has 2 aliphatic heterocycles. The van der Waals surface area contributed by atoms with E-state index in [1.165, 1.54) is 0 Å². The fourth-order valence-electron chi connectivity index (χ4n) is 3.04. The summed E-state index contributed by atoms with van der Waals surface area (Å²) in [5, 5.41) is 3.37. The Morgan fingerprint density at radius 2 is 2.06 bits per heavy atom. The highest BCUT2D eigenvalue weighted by atomic mass is 16.5. The molecule has 0 aliphatic carbocycles.